The van der Waals surface area contributed by atoms with Crippen LogP contribution in [0.4, 0.5) is 5.69 Å². The first kappa shape index (κ1) is 20.2. The second-order valence-corrected chi connectivity index (χ2v) is 7.63. The number of rotatable bonds is 7. The van der Waals surface area contributed by atoms with E-state index in [4.69, 9.17) is 4.74 Å². The molecule has 2 heterocycles. The van der Waals surface area contributed by atoms with Crippen molar-refractivity contribution < 1.29 is 14.3 Å². The number of hydrogen-bond acceptors (Lipinski definition) is 6. The van der Waals surface area contributed by atoms with Gasteiger partial charge in [-0.3, -0.25) is 14.6 Å². The maximum absolute atomic E-state index is 12.6. The Kier molecular flexibility index (Phi) is 6.92. The molecular weight excluding hydrogens is 374 g/mol. The number of anilines is 1. The number of pyridine rings is 1. The highest BCUT2D eigenvalue weighted by Gasteiger charge is 2.21. The van der Waals surface area contributed by atoms with Gasteiger partial charge in [0.15, 0.2) is 5.78 Å². The van der Waals surface area contributed by atoms with Gasteiger partial charge in [-0.1, -0.05) is 0 Å². The number of carbonyl (C=O) groups excluding carboxylic acids is 2. The van der Waals surface area contributed by atoms with Crippen molar-refractivity contribution in [1.29, 1.82) is 0 Å². The third kappa shape index (κ3) is 5.04. The maximum Gasteiger partial charge on any atom is 0.232 e. The van der Waals surface area contributed by atoms with Gasteiger partial charge in [-0.2, -0.15) is 0 Å². The monoisotopic (exact) mass is 399 g/mol. The Morgan fingerprint density at radius 1 is 1.11 bits per heavy atom. The summed E-state index contributed by atoms with van der Waals surface area (Å²) < 4.78 is 5.38. The van der Waals surface area contributed by atoms with Gasteiger partial charge >= 0.3 is 0 Å². The van der Waals surface area contributed by atoms with Gasteiger partial charge in [0.2, 0.25) is 5.91 Å². The van der Waals surface area contributed by atoms with Gasteiger partial charge in [0.1, 0.15) is 5.75 Å². The van der Waals surface area contributed by atoms with Crippen LogP contribution in [0.1, 0.15) is 22.8 Å². The predicted octanol–water partition coefficient (Wildman–Crippen LogP) is 2.87. The Labute approximate surface area is 169 Å². The number of piperazine rings is 1. The quantitative estimate of drug-likeness (QED) is 0.667. The first-order valence-electron chi connectivity index (χ1n) is 9.27. The number of ether oxygens (including phenoxy) is 1. The summed E-state index contributed by atoms with van der Waals surface area (Å²) in [4.78, 5) is 32.4. The number of nitrogens with zero attached hydrogens (tertiary/aromatic N) is 3. The first-order valence-corrected chi connectivity index (χ1v) is 10.4. The van der Waals surface area contributed by atoms with Crippen molar-refractivity contribution >= 4 is 29.1 Å². The third-order valence-corrected chi connectivity index (χ3v) is 5.80. The molecule has 1 aromatic carbocycles. The molecule has 0 N–H and O–H groups in total. The highest BCUT2D eigenvalue weighted by atomic mass is 32.2. The molecule has 0 unspecified atom stereocenters. The number of thioether (sulfide) groups is 1. The number of hydrogen-bond donors (Lipinski definition) is 0. The number of carbonyl (C=O) groups is 2. The topological polar surface area (TPSA) is 62.7 Å². The third-order valence-electron chi connectivity index (χ3n) is 4.83. The number of amides is 1. The lowest BCUT2D eigenvalue weighted by Crippen LogP contribution is -2.49. The molecule has 1 fully saturated rings. The van der Waals surface area contributed by atoms with Crippen molar-refractivity contribution in [2.75, 3.05) is 43.9 Å². The van der Waals surface area contributed by atoms with E-state index in [9.17, 15) is 9.59 Å². The van der Waals surface area contributed by atoms with Gasteiger partial charge in [0.25, 0.3) is 0 Å². The maximum atomic E-state index is 12.6. The molecule has 1 amide bonds. The second-order valence-electron chi connectivity index (χ2n) is 6.65. The first-order chi connectivity index (χ1) is 13.6. The minimum Gasteiger partial charge on any atom is -0.496 e. The van der Waals surface area contributed by atoms with Crippen molar-refractivity contribution in [3.63, 3.8) is 0 Å². The zero-order valence-corrected chi connectivity index (χ0v) is 17.1. The molecular formula is C21H25N3O3S. The van der Waals surface area contributed by atoms with Crippen LogP contribution in [0, 0.1) is 0 Å². The van der Waals surface area contributed by atoms with E-state index in [1.54, 1.807) is 44.3 Å². The lowest BCUT2D eigenvalue weighted by Gasteiger charge is -2.36. The van der Waals surface area contributed by atoms with Crippen LogP contribution in [-0.2, 0) is 10.5 Å². The summed E-state index contributed by atoms with van der Waals surface area (Å²) in [6, 6.07) is 9.42. The molecule has 148 valence electrons. The molecule has 28 heavy (non-hydrogen) atoms. The van der Waals surface area contributed by atoms with Crippen molar-refractivity contribution in [3.8, 4) is 5.75 Å². The fourth-order valence-electron chi connectivity index (χ4n) is 3.22. The standard InChI is InChI=1S/C21H25N3O3S/c1-16(25)17-3-4-20(27-2)18(13-17)14-28-15-21(26)24-11-9-23(10-12-24)19-5-7-22-8-6-19/h3-8,13H,9-12,14-15H2,1-2H3. The number of aromatic nitrogens is 1. The van der Waals surface area contributed by atoms with E-state index >= 15 is 0 Å². The Morgan fingerprint density at radius 3 is 2.46 bits per heavy atom. The number of methoxy groups -OCH3 is 1. The molecule has 1 aromatic heterocycles. The zero-order valence-electron chi connectivity index (χ0n) is 16.3. The highest BCUT2D eigenvalue weighted by Crippen LogP contribution is 2.25. The molecule has 0 aliphatic carbocycles. The van der Waals surface area contributed by atoms with Crippen LogP contribution in [0.3, 0.4) is 0 Å². The Balaban J connectivity index is 1.49. The largest absolute Gasteiger partial charge is 0.496 e. The van der Waals surface area contributed by atoms with E-state index < -0.39 is 0 Å². The summed E-state index contributed by atoms with van der Waals surface area (Å²) in [5.41, 5.74) is 2.75. The molecule has 1 aliphatic rings. The smallest absolute Gasteiger partial charge is 0.232 e. The van der Waals surface area contributed by atoms with E-state index in [0.717, 1.165) is 43.2 Å². The summed E-state index contributed by atoms with van der Waals surface area (Å²) in [6.07, 6.45) is 3.58. The normalized spacial score (nSPS) is 14.1. The molecule has 0 spiro atoms. The molecule has 0 radical (unpaired) electrons. The molecule has 0 atom stereocenters. The fraction of sp³-hybridized carbons (Fsp3) is 0.381. The van der Waals surface area contributed by atoms with Gasteiger partial charge in [0.05, 0.1) is 12.9 Å². The average molecular weight is 400 g/mol. The van der Waals surface area contributed by atoms with Crippen molar-refractivity contribution in [2.24, 2.45) is 0 Å². The van der Waals surface area contributed by atoms with Gasteiger partial charge in [-0.05, 0) is 37.3 Å². The SMILES string of the molecule is COc1ccc(C(C)=O)cc1CSCC(=O)N1CCN(c2ccncc2)CC1. The van der Waals surface area contributed by atoms with Crippen LogP contribution in [0.5, 0.6) is 5.75 Å². The summed E-state index contributed by atoms with van der Waals surface area (Å²) >= 11 is 1.55. The molecule has 7 heteroatoms. The van der Waals surface area contributed by atoms with E-state index in [-0.39, 0.29) is 11.7 Å². The number of Topliss-reactive ketones (excluding diaryl/α,β-unsaturated/α-hetero) is 1. The molecule has 3 rings (SSSR count). The van der Waals surface area contributed by atoms with E-state index in [1.807, 2.05) is 29.2 Å². The lowest BCUT2D eigenvalue weighted by molar-refractivity contribution is -0.128. The van der Waals surface area contributed by atoms with Crippen LogP contribution < -0.4 is 9.64 Å². The molecule has 0 bridgehead atoms. The van der Waals surface area contributed by atoms with Gasteiger partial charge in [-0.15, -0.1) is 11.8 Å². The van der Waals surface area contributed by atoms with E-state index in [1.165, 1.54) is 0 Å². The number of ketones is 1. The van der Waals surface area contributed by atoms with E-state index in [0.29, 0.717) is 17.1 Å². The molecule has 1 aliphatic heterocycles. The fourth-order valence-corrected chi connectivity index (χ4v) is 4.12. The lowest BCUT2D eigenvalue weighted by atomic mass is 10.1. The summed E-state index contributed by atoms with van der Waals surface area (Å²) in [5, 5.41) is 0. The highest BCUT2D eigenvalue weighted by molar-refractivity contribution is 7.99. The van der Waals surface area contributed by atoms with Crippen LogP contribution in [-0.4, -0.2) is 60.6 Å². The molecule has 2 aromatic rings. The van der Waals surface area contributed by atoms with Crippen molar-refractivity contribution in [3.05, 3.63) is 53.9 Å². The van der Waals surface area contributed by atoms with Crippen LogP contribution in [0.2, 0.25) is 0 Å². The second kappa shape index (κ2) is 9.59. The summed E-state index contributed by atoms with van der Waals surface area (Å²) in [6.45, 7) is 4.66. The summed E-state index contributed by atoms with van der Waals surface area (Å²) in [5.74, 6) is 1.98. The van der Waals surface area contributed by atoms with Gasteiger partial charge < -0.3 is 14.5 Å². The Morgan fingerprint density at radius 2 is 1.82 bits per heavy atom. The Bertz CT molecular complexity index is 821. The minimum absolute atomic E-state index is 0.0250. The van der Waals surface area contributed by atoms with Gasteiger partial charge in [0, 0.05) is 61.1 Å². The molecule has 6 nitrogen and oxygen atoms in total. The van der Waals surface area contributed by atoms with Gasteiger partial charge in [-0.25, -0.2) is 0 Å². The van der Waals surface area contributed by atoms with Crippen LogP contribution >= 0.6 is 11.8 Å². The number of benzene rings is 1. The van der Waals surface area contributed by atoms with E-state index in [2.05, 4.69) is 9.88 Å². The minimum atomic E-state index is 0.0250. The average Bonchev–Trinajstić information content (AvgIpc) is 2.74. The zero-order chi connectivity index (χ0) is 19.9. The van der Waals surface area contributed by atoms with Crippen molar-refractivity contribution in [1.82, 2.24) is 9.88 Å². The van der Waals surface area contributed by atoms with Crippen molar-refractivity contribution in [2.45, 2.75) is 12.7 Å². The predicted molar refractivity (Wildman–Crippen MR) is 112 cm³/mol. The molecule has 1 saturated heterocycles. The summed E-state index contributed by atoms with van der Waals surface area (Å²) in [7, 11) is 1.62. The Hall–Kier alpha value is -2.54. The molecule has 0 saturated carbocycles. The van der Waals surface area contributed by atoms with Crippen LogP contribution in [0.25, 0.3) is 0 Å². The van der Waals surface area contributed by atoms with Crippen LogP contribution in [0.15, 0.2) is 42.7 Å².